The SMILES string of the molecule is CCSc1ccccc1NC(=O)C(C)Oc1ccc(F)cc1. The maximum atomic E-state index is 12.9. The summed E-state index contributed by atoms with van der Waals surface area (Å²) < 4.78 is 18.4. The highest BCUT2D eigenvalue weighted by Crippen LogP contribution is 2.26. The zero-order valence-corrected chi connectivity index (χ0v) is 13.3. The minimum absolute atomic E-state index is 0.242. The zero-order valence-electron chi connectivity index (χ0n) is 12.5. The maximum absolute atomic E-state index is 12.9. The largest absolute Gasteiger partial charge is 0.481 e. The molecule has 0 aliphatic rings. The van der Waals surface area contributed by atoms with Crippen molar-refractivity contribution in [3.8, 4) is 5.75 Å². The molecule has 0 saturated heterocycles. The molecule has 2 aromatic carbocycles. The van der Waals surface area contributed by atoms with Crippen molar-refractivity contribution in [2.45, 2.75) is 24.8 Å². The molecule has 2 rings (SSSR count). The number of hydrogen-bond acceptors (Lipinski definition) is 3. The van der Waals surface area contributed by atoms with Crippen LogP contribution in [-0.4, -0.2) is 17.8 Å². The fraction of sp³-hybridized carbons (Fsp3) is 0.235. The first kappa shape index (κ1) is 16.4. The van der Waals surface area contributed by atoms with E-state index in [1.54, 1.807) is 18.7 Å². The average Bonchev–Trinajstić information content (AvgIpc) is 2.51. The van der Waals surface area contributed by atoms with Gasteiger partial charge in [0.15, 0.2) is 6.10 Å². The molecular weight excluding hydrogens is 301 g/mol. The van der Waals surface area contributed by atoms with Gasteiger partial charge in [0.1, 0.15) is 11.6 Å². The Morgan fingerprint density at radius 1 is 1.23 bits per heavy atom. The molecule has 22 heavy (non-hydrogen) atoms. The van der Waals surface area contributed by atoms with Crippen LogP contribution in [0.3, 0.4) is 0 Å². The quantitative estimate of drug-likeness (QED) is 0.805. The highest BCUT2D eigenvalue weighted by molar-refractivity contribution is 7.99. The number of para-hydroxylation sites is 1. The van der Waals surface area contributed by atoms with Crippen molar-refractivity contribution in [3.05, 3.63) is 54.3 Å². The smallest absolute Gasteiger partial charge is 0.265 e. The van der Waals surface area contributed by atoms with Gasteiger partial charge >= 0.3 is 0 Å². The van der Waals surface area contributed by atoms with Crippen LogP contribution >= 0.6 is 11.8 Å². The summed E-state index contributed by atoms with van der Waals surface area (Å²) in [6.45, 7) is 3.72. The van der Waals surface area contributed by atoms with Gasteiger partial charge in [0.2, 0.25) is 0 Å². The molecule has 0 radical (unpaired) electrons. The van der Waals surface area contributed by atoms with E-state index in [2.05, 4.69) is 12.2 Å². The van der Waals surface area contributed by atoms with Crippen molar-refractivity contribution in [2.75, 3.05) is 11.1 Å². The molecule has 2 aromatic rings. The van der Waals surface area contributed by atoms with Gasteiger partial charge in [-0.3, -0.25) is 4.79 Å². The third-order valence-electron chi connectivity index (χ3n) is 2.94. The van der Waals surface area contributed by atoms with E-state index in [-0.39, 0.29) is 11.7 Å². The number of rotatable bonds is 6. The number of carbonyl (C=O) groups excluding carboxylic acids is 1. The van der Waals surface area contributed by atoms with Gasteiger partial charge in [-0.1, -0.05) is 19.1 Å². The van der Waals surface area contributed by atoms with E-state index in [0.717, 1.165) is 16.3 Å². The van der Waals surface area contributed by atoms with Gasteiger partial charge < -0.3 is 10.1 Å². The number of benzene rings is 2. The van der Waals surface area contributed by atoms with E-state index in [1.807, 2.05) is 24.3 Å². The first-order valence-corrected chi connectivity index (χ1v) is 8.03. The second-order valence-corrected chi connectivity index (χ2v) is 5.94. The van der Waals surface area contributed by atoms with Crippen LogP contribution in [-0.2, 0) is 4.79 Å². The number of carbonyl (C=O) groups is 1. The average molecular weight is 319 g/mol. The number of thioether (sulfide) groups is 1. The Kier molecular flexibility index (Phi) is 5.83. The fourth-order valence-electron chi connectivity index (χ4n) is 1.86. The minimum atomic E-state index is -0.676. The Morgan fingerprint density at radius 2 is 1.91 bits per heavy atom. The minimum Gasteiger partial charge on any atom is -0.481 e. The third kappa shape index (κ3) is 4.49. The predicted octanol–water partition coefficient (Wildman–Crippen LogP) is 4.34. The molecular formula is C17H18FNO2S. The molecule has 0 heterocycles. The number of hydrogen-bond donors (Lipinski definition) is 1. The summed E-state index contributed by atoms with van der Waals surface area (Å²) in [4.78, 5) is 13.2. The lowest BCUT2D eigenvalue weighted by Gasteiger charge is -2.16. The summed E-state index contributed by atoms with van der Waals surface area (Å²) >= 11 is 1.66. The fourth-order valence-corrected chi connectivity index (χ4v) is 2.62. The molecule has 0 saturated carbocycles. The van der Waals surface area contributed by atoms with Gasteiger partial charge in [-0.25, -0.2) is 4.39 Å². The lowest BCUT2D eigenvalue weighted by molar-refractivity contribution is -0.122. The Labute approximate surface area is 133 Å². The Hall–Kier alpha value is -2.01. The Balaban J connectivity index is 2.01. The summed E-state index contributed by atoms with van der Waals surface area (Å²) in [5, 5.41) is 2.87. The van der Waals surface area contributed by atoms with Crippen LogP contribution in [0.5, 0.6) is 5.75 Å². The molecule has 0 aliphatic heterocycles. The van der Waals surface area contributed by atoms with Crippen LogP contribution in [0.25, 0.3) is 0 Å². The molecule has 3 nitrogen and oxygen atoms in total. The van der Waals surface area contributed by atoms with Crippen LogP contribution < -0.4 is 10.1 Å². The van der Waals surface area contributed by atoms with Crippen molar-refractivity contribution in [2.24, 2.45) is 0 Å². The first-order chi connectivity index (χ1) is 10.6. The molecule has 1 N–H and O–H groups in total. The molecule has 0 aromatic heterocycles. The highest BCUT2D eigenvalue weighted by atomic mass is 32.2. The van der Waals surface area contributed by atoms with Gasteiger partial charge in [0.05, 0.1) is 5.69 Å². The van der Waals surface area contributed by atoms with Crippen molar-refractivity contribution in [1.29, 1.82) is 0 Å². The number of amides is 1. The number of nitrogens with one attached hydrogen (secondary N) is 1. The van der Waals surface area contributed by atoms with E-state index in [1.165, 1.54) is 24.3 Å². The van der Waals surface area contributed by atoms with E-state index in [4.69, 9.17) is 4.74 Å². The van der Waals surface area contributed by atoms with Crippen LogP contribution in [0.4, 0.5) is 10.1 Å². The van der Waals surface area contributed by atoms with Gasteiger partial charge in [-0.05, 0) is 49.1 Å². The predicted molar refractivity (Wildman–Crippen MR) is 88.0 cm³/mol. The lowest BCUT2D eigenvalue weighted by atomic mass is 10.3. The molecule has 0 fully saturated rings. The lowest BCUT2D eigenvalue weighted by Crippen LogP contribution is -2.30. The molecule has 5 heteroatoms. The summed E-state index contributed by atoms with van der Waals surface area (Å²) in [7, 11) is 0. The van der Waals surface area contributed by atoms with Crippen molar-refractivity contribution in [3.63, 3.8) is 0 Å². The van der Waals surface area contributed by atoms with Crippen LogP contribution in [0.1, 0.15) is 13.8 Å². The molecule has 0 aliphatic carbocycles. The number of anilines is 1. The maximum Gasteiger partial charge on any atom is 0.265 e. The normalized spacial score (nSPS) is 11.8. The highest BCUT2D eigenvalue weighted by Gasteiger charge is 2.16. The van der Waals surface area contributed by atoms with Crippen LogP contribution in [0.15, 0.2) is 53.4 Å². The molecule has 0 spiro atoms. The molecule has 1 amide bonds. The van der Waals surface area contributed by atoms with E-state index in [9.17, 15) is 9.18 Å². The van der Waals surface area contributed by atoms with Crippen LogP contribution in [0, 0.1) is 5.82 Å². The van der Waals surface area contributed by atoms with Gasteiger partial charge in [0.25, 0.3) is 5.91 Å². The number of halogens is 1. The molecule has 0 bridgehead atoms. The summed E-state index contributed by atoms with van der Waals surface area (Å²) in [6, 6.07) is 13.2. The summed E-state index contributed by atoms with van der Waals surface area (Å²) in [6.07, 6.45) is -0.676. The second kappa shape index (κ2) is 7.84. The Bertz CT molecular complexity index is 631. The molecule has 1 unspecified atom stereocenters. The van der Waals surface area contributed by atoms with Crippen molar-refractivity contribution < 1.29 is 13.9 Å². The van der Waals surface area contributed by atoms with E-state index < -0.39 is 6.10 Å². The van der Waals surface area contributed by atoms with Gasteiger partial charge in [-0.2, -0.15) is 0 Å². The summed E-state index contributed by atoms with van der Waals surface area (Å²) in [5.74, 6) is 0.804. The van der Waals surface area contributed by atoms with Gasteiger partial charge in [-0.15, -0.1) is 11.8 Å². The van der Waals surface area contributed by atoms with Gasteiger partial charge in [0, 0.05) is 4.90 Å². The zero-order chi connectivity index (χ0) is 15.9. The Morgan fingerprint density at radius 3 is 2.59 bits per heavy atom. The molecule has 1 atom stereocenters. The van der Waals surface area contributed by atoms with E-state index >= 15 is 0 Å². The molecule has 116 valence electrons. The number of ether oxygens (including phenoxy) is 1. The standard InChI is InChI=1S/C17H18FNO2S/c1-3-22-16-7-5-4-6-15(16)19-17(20)12(2)21-14-10-8-13(18)9-11-14/h4-12H,3H2,1-2H3,(H,19,20). The third-order valence-corrected chi connectivity index (χ3v) is 3.90. The topological polar surface area (TPSA) is 38.3 Å². The monoisotopic (exact) mass is 319 g/mol. The summed E-state index contributed by atoms with van der Waals surface area (Å²) in [5.41, 5.74) is 0.772. The second-order valence-electron chi connectivity index (χ2n) is 4.63. The van der Waals surface area contributed by atoms with Crippen molar-refractivity contribution >= 4 is 23.4 Å². The van der Waals surface area contributed by atoms with Crippen molar-refractivity contribution in [1.82, 2.24) is 0 Å². The van der Waals surface area contributed by atoms with Crippen LogP contribution in [0.2, 0.25) is 0 Å². The first-order valence-electron chi connectivity index (χ1n) is 7.05. The van der Waals surface area contributed by atoms with E-state index in [0.29, 0.717) is 5.75 Å².